The van der Waals surface area contributed by atoms with E-state index < -0.39 is 0 Å². The van der Waals surface area contributed by atoms with Crippen LogP contribution in [0, 0.1) is 11.8 Å². The van der Waals surface area contributed by atoms with Gasteiger partial charge in [0.15, 0.2) is 0 Å². The molecule has 3 atom stereocenters. The summed E-state index contributed by atoms with van der Waals surface area (Å²) in [5, 5.41) is 0. The van der Waals surface area contributed by atoms with Gasteiger partial charge in [-0.3, -0.25) is 9.59 Å². The van der Waals surface area contributed by atoms with Crippen LogP contribution in [0.1, 0.15) is 31.7 Å². The Balaban J connectivity index is 0.00000261. The number of methoxy groups -OCH3 is 1. The lowest BCUT2D eigenvalue weighted by Crippen LogP contribution is -2.47. The third kappa shape index (κ3) is 5.14. The number of carbonyl (C=O) groups excluding carboxylic acids is 2. The molecule has 2 N–H and O–H groups in total. The van der Waals surface area contributed by atoms with Crippen LogP contribution in [0.4, 0.5) is 0 Å². The molecule has 0 bridgehead atoms. The molecule has 2 amide bonds. The Kier molecular flexibility index (Phi) is 7.50. The maximum Gasteiger partial charge on any atom is 0.228 e. The van der Waals surface area contributed by atoms with Crippen molar-refractivity contribution < 1.29 is 14.3 Å². The van der Waals surface area contributed by atoms with Gasteiger partial charge in [-0.2, -0.15) is 0 Å². The van der Waals surface area contributed by atoms with E-state index in [1.807, 2.05) is 36.1 Å². The number of hydrogen-bond acceptors (Lipinski definition) is 4. The standard InChI is InChI=1S/C20H29N3O3.ClH/c1-14(21)16-4-3-9-22(12-16)20(25)17-10-19(24)23(13-17)11-15-5-7-18(26-2)8-6-15;/h5-8,14,16-17H,3-4,9-13,21H2,1-2H3;1H. The Bertz CT molecular complexity index is 650. The van der Waals surface area contributed by atoms with E-state index in [2.05, 4.69) is 0 Å². The van der Waals surface area contributed by atoms with Crippen LogP contribution < -0.4 is 10.5 Å². The van der Waals surface area contributed by atoms with Crippen molar-refractivity contribution in [3.8, 4) is 5.75 Å². The van der Waals surface area contributed by atoms with Gasteiger partial charge in [0.05, 0.1) is 13.0 Å². The number of ether oxygens (including phenoxy) is 1. The van der Waals surface area contributed by atoms with Crippen LogP contribution in [0.25, 0.3) is 0 Å². The average Bonchev–Trinajstić information content (AvgIpc) is 3.02. The molecule has 3 unspecified atom stereocenters. The Morgan fingerprint density at radius 1 is 1.30 bits per heavy atom. The molecule has 2 saturated heterocycles. The van der Waals surface area contributed by atoms with Crippen LogP contribution in [0.2, 0.25) is 0 Å². The monoisotopic (exact) mass is 395 g/mol. The topological polar surface area (TPSA) is 75.9 Å². The molecule has 0 aliphatic carbocycles. The van der Waals surface area contributed by atoms with E-state index in [1.165, 1.54) is 0 Å². The molecule has 150 valence electrons. The van der Waals surface area contributed by atoms with E-state index in [0.29, 0.717) is 25.4 Å². The lowest BCUT2D eigenvalue weighted by Gasteiger charge is -2.35. The highest BCUT2D eigenvalue weighted by molar-refractivity contribution is 5.89. The van der Waals surface area contributed by atoms with Gasteiger partial charge in [-0.25, -0.2) is 0 Å². The van der Waals surface area contributed by atoms with Gasteiger partial charge in [-0.1, -0.05) is 12.1 Å². The van der Waals surface area contributed by atoms with E-state index in [9.17, 15) is 9.59 Å². The van der Waals surface area contributed by atoms with E-state index >= 15 is 0 Å². The Morgan fingerprint density at radius 2 is 2.00 bits per heavy atom. The first-order valence-electron chi connectivity index (χ1n) is 9.43. The Morgan fingerprint density at radius 3 is 2.63 bits per heavy atom. The summed E-state index contributed by atoms with van der Waals surface area (Å²) in [6.45, 7) is 4.55. The molecule has 2 heterocycles. The summed E-state index contributed by atoms with van der Waals surface area (Å²) in [4.78, 5) is 29.0. The first-order chi connectivity index (χ1) is 12.5. The zero-order chi connectivity index (χ0) is 18.7. The fourth-order valence-electron chi connectivity index (χ4n) is 3.94. The molecule has 0 spiro atoms. The van der Waals surface area contributed by atoms with Crippen molar-refractivity contribution in [1.82, 2.24) is 9.80 Å². The molecule has 6 nitrogen and oxygen atoms in total. The maximum atomic E-state index is 12.9. The van der Waals surface area contributed by atoms with Gasteiger partial charge in [0, 0.05) is 38.6 Å². The van der Waals surface area contributed by atoms with Crippen molar-refractivity contribution in [2.75, 3.05) is 26.7 Å². The second-order valence-electron chi connectivity index (χ2n) is 7.57. The molecule has 2 aliphatic rings. The zero-order valence-corrected chi connectivity index (χ0v) is 16.9. The van der Waals surface area contributed by atoms with Gasteiger partial charge in [-0.15, -0.1) is 12.4 Å². The van der Waals surface area contributed by atoms with Crippen LogP contribution in [-0.4, -0.2) is 54.4 Å². The molecule has 27 heavy (non-hydrogen) atoms. The molecule has 1 aromatic carbocycles. The van der Waals surface area contributed by atoms with E-state index in [4.69, 9.17) is 10.5 Å². The highest BCUT2D eigenvalue weighted by Gasteiger charge is 2.38. The molecule has 7 heteroatoms. The number of benzene rings is 1. The fourth-order valence-corrected chi connectivity index (χ4v) is 3.94. The first kappa shape index (κ1) is 21.5. The molecular formula is C20H30ClN3O3. The molecule has 2 fully saturated rings. The van der Waals surface area contributed by atoms with Crippen molar-refractivity contribution in [1.29, 1.82) is 0 Å². The molecule has 2 aliphatic heterocycles. The van der Waals surface area contributed by atoms with Crippen LogP contribution in [0.15, 0.2) is 24.3 Å². The minimum atomic E-state index is -0.229. The second kappa shape index (κ2) is 9.42. The van der Waals surface area contributed by atoms with Crippen LogP contribution >= 0.6 is 12.4 Å². The quantitative estimate of drug-likeness (QED) is 0.827. The second-order valence-corrected chi connectivity index (χ2v) is 7.57. The van der Waals surface area contributed by atoms with Crippen molar-refractivity contribution in [2.45, 2.75) is 38.8 Å². The third-order valence-corrected chi connectivity index (χ3v) is 5.61. The minimum Gasteiger partial charge on any atom is -0.497 e. The Hall–Kier alpha value is -1.79. The number of halogens is 1. The summed E-state index contributed by atoms with van der Waals surface area (Å²) < 4.78 is 5.16. The SMILES string of the molecule is COc1ccc(CN2CC(C(=O)N3CCCC(C(C)N)C3)CC2=O)cc1.Cl. The predicted octanol–water partition coefficient (Wildman–Crippen LogP) is 2.05. The zero-order valence-electron chi connectivity index (χ0n) is 16.1. The van der Waals surface area contributed by atoms with Crippen LogP contribution in [0.3, 0.4) is 0 Å². The highest BCUT2D eigenvalue weighted by Crippen LogP contribution is 2.26. The summed E-state index contributed by atoms with van der Waals surface area (Å²) in [5.41, 5.74) is 7.07. The molecule has 0 aromatic heterocycles. The number of amides is 2. The summed E-state index contributed by atoms with van der Waals surface area (Å²) in [7, 11) is 1.63. The number of likely N-dealkylation sites (tertiary alicyclic amines) is 2. The normalized spacial score (nSPS) is 23.7. The number of hydrogen-bond donors (Lipinski definition) is 1. The molecular weight excluding hydrogens is 366 g/mol. The maximum absolute atomic E-state index is 12.9. The number of piperidine rings is 1. The van der Waals surface area contributed by atoms with Crippen LogP contribution in [-0.2, 0) is 16.1 Å². The van der Waals surface area contributed by atoms with Gasteiger partial charge >= 0.3 is 0 Å². The van der Waals surface area contributed by atoms with Gasteiger partial charge in [0.1, 0.15) is 5.75 Å². The largest absolute Gasteiger partial charge is 0.497 e. The van der Waals surface area contributed by atoms with Crippen molar-refractivity contribution in [3.63, 3.8) is 0 Å². The van der Waals surface area contributed by atoms with Crippen molar-refractivity contribution >= 4 is 24.2 Å². The summed E-state index contributed by atoms with van der Waals surface area (Å²) >= 11 is 0. The fraction of sp³-hybridized carbons (Fsp3) is 0.600. The third-order valence-electron chi connectivity index (χ3n) is 5.61. The van der Waals surface area contributed by atoms with Crippen molar-refractivity contribution in [2.24, 2.45) is 17.6 Å². The van der Waals surface area contributed by atoms with E-state index in [1.54, 1.807) is 12.0 Å². The van der Waals surface area contributed by atoms with E-state index in [0.717, 1.165) is 37.2 Å². The highest BCUT2D eigenvalue weighted by atomic mass is 35.5. The van der Waals surface area contributed by atoms with Crippen molar-refractivity contribution in [3.05, 3.63) is 29.8 Å². The lowest BCUT2D eigenvalue weighted by atomic mass is 9.91. The summed E-state index contributed by atoms with van der Waals surface area (Å²) in [5.74, 6) is 1.09. The minimum absolute atomic E-state index is 0. The number of nitrogens with zero attached hydrogens (tertiary/aromatic N) is 2. The van der Waals surface area contributed by atoms with Crippen LogP contribution in [0.5, 0.6) is 5.75 Å². The summed E-state index contributed by atoms with van der Waals surface area (Å²) in [6, 6.07) is 7.79. The van der Waals surface area contributed by atoms with Gasteiger partial charge in [-0.05, 0) is 43.4 Å². The van der Waals surface area contributed by atoms with E-state index in [-0.39, 0.29) is 36.2 Å². The Labute approximate surface area is 167 Å². The number of nitrogens with two attached hydrogens (primary N) is 1. The number of carbonyl (C=O) groups is 2. The smallest absolute Gasteiger partial charge is 0.228 e. The van der Waals surface area contributed by atoms with Gasteiger partial charge < -0.3 is 20.3 Å². The lowest BCUT2D eigenvalue weighted by molar-refractivity contribution is -0.137. The summed E-state index contributed by atoms with van der Waals surface area (Å²) in [6.07, 6.45) is 2.39. The molecule has 0 saturated carbocycles. The molecule has 3 rings (SSSR count). The van der Waals surface area contributed by atoms with Gasteiger partial charge in [0.2, 0.25) is 11.8 Å². The predicted molar refractivity (Wildman–Crippen MR) is 107 cm³/mol. The molecule has 0 radical (unpaired) electrons. The molecule has 1 aromatic rings. The first-order valence-corrected chi connectivity index (χ1v) is 9.43. The number of rotatable bonds is 5. The average molecular weight is 396 g/mol. The van der Waals surface area contributed by atoms with Gasteiger partial charge in [0.25, 0.3) is 0 Å².